The van der Waals surface area contributed by atoms with Gasteiger partial charge in [-0.1, -0.05) is 103 Å². The highest BCUT2D eigenvalue weighted by atomic mass is 15.2. The van der Waals surface area contributed by atoms with E-state index in [1.807, 2.05) is 12.4 Å². The van der Waals surface area contributed by atoms with Gasteiger partial charge >= 0.3 is 0 Å². The fourth-order valence-corrected chi connectivity index (χ4v) is 7.21. The molecule has 208 valence electrons. The molecule has 2 aliphatic rings. The summed E-state index contributed by atoms with van der Waals surface area (Å²) in [6.45, 7) is 0. The van der Waals surface area contributed by atoms with Gasteiger partial charge in [0.05, 0.1) is 17.1 Å². The van der Waals surface area contributed by atoms with Gasteiger partial charge in [0.2, 0.25) is 0 Å². The van der Waals surface area contributed by atoms with Crippen molar-refractivity contribution in [3.63, 3.8) is 0 Å². The lowest BCUT2D eigenvalue weighted by molar-refractivity contribution is 0.745. The Morgan fingerprint density at radius 1 is 0.500 bits per heavy atom. The molecule has 0 saturated heterocycles. The maximum atomic E-state index is 4.72. The van der Waals surface area contributed by atoms with E-state index in [0.29, 0.717) is 5.92 Å². The van der Waals surface area contributed by atoms with Crippen LogP contribution in [0.5, 0.6) is 0 Å². The molecule has 1 aliphatic heterocycles. The van der Waals surface area contributed by atoms with Crippen molar-refractivity contribution in [2.24, 2.45) is 0 Å². The van der Waals surface area contributed by atoms with E-state index in [1.165, 1.54) is 38.7 Å². The van der Waals surface area contributed by atoms with Crippen LogP contribution in [0.2, 0.25) is 0 Å². The molecule has 0 spiro atoms. The number of fused-ring (bicyclic) bond motifs is 6. The Hall–Kier alpha value is -5.67. The first-order valence-electron chi connectivity index (χ1n) is 15.2. The summed E-state index contributed by atoms with van der Waals surface area (Å²) in [4.78, 5) is 7.20. The SMILES string of the molecule is C1=CC2c3ccccc3N(c3cccc(-c4cncc(-c5cccc(-n6c7ccccc7c7ccccc76)c5)c4)c3)C2C=C1. The van der Waals surface area contributed by atoms with E-state index in [2.05, 4.69) is 161 Å². The number of nitrogens with zero attached hydrogens (tertiary/aromatic N) is 3. The number of benzene rings is 5. The van der Waals surface area contributed by atoms with Crippen LogP contribution in [0, 0.1) is 0 Å². The first kappa shape index (κ1) is 24.9. The van der Waals surface area contributed by atoms with Gasteiger partial charge in [-0.25, -0.2) is 0 Å². The number of hydrogen-bond acceptors (Lipinski definition) is 2. The van der Waals surface area contributed by atoms with E-state index < -0.39 is 0 Å². The van der Waals surface area contributed by atoms with Gasteiger partial charge < -0.3 is 9.47 Å². The Labute approximate surface area is 256 Å². The fraction of sp³-hybridized carbons (Fsp3) is 0.0488. The van der Waals surface area contributed by atoms with E-state index >= 15 is 0 Å². The van der Waals surface area contributed by atoms with Crippen LogP contribution in [0.25, 0.3) is 49.7 Å². The number of allylic oxidation sites excluding steroid dienone is 2. The number of anilines is 2. The van der Waals surface area contributed by atoms with Gasteiger partial charge in [-0.3, -0.25) is 4.98 Å². The smallest absolute Gasteiger partial charge is 0.0629 e. The Morgan fingerprint density at radius 2 is 1.11 bits per heavy atom. The fourth-order valence-electron chi connectivity index (χ4n) is 7.21. The topological polar surface area (TPSA) is 21.1 Å². The van der Waals surface area contributed by atoms with Crippen molar-refractivity contribution in [2.45, 2.75) is 12.0 Å². The van der Waals surface area contributed by atoms with Crippen LogP contribution in [0.4, 0.5) is 11.4 Å². The van der Waals surface area contributed by atoms with Crippen molar-refractivity contribution in [1.82, 2.24) is 9.55 Å². The summed E-state index contributed by atoms with van der Waals surface area (Å²) in [6.07, 6.45) is 12.9. The van der Waals surface area contributed by atoms with Crippen molar-refractivity contribution >= 4 is 33.2 Å². The maximum absolute atomic E-state index is 4.72. The number of para-hydroxylation sites is 3. The highest BCUT2D eigenvalue weighted by Gasteiger charge is 2.37. The van der Waals surface area contributed by atoms with Crippen LogP contribution in [0.1, 0.15) is 11.5 Å². The van der Waals surface area contributed by atoms with Gasteiger partial charge in [0.1, 0.15) is 0 Å². The van der Waals surface area contributed by atoms with Gasteiger partial charge in [0, 0.05) is 57.3 Å². The molecule has 5 aromatic carbocycles. The monoisotopic (exact) mass is 563 g/mol. The van der Waals surface area contributed by atoms with Crippen molar-refractivity contribution < 1.29 is 0 Å². The average molecular weight is 564 g/mol. The summed E-state index contributed by atoms with van der Waals surface area (Å²) in [7, 11) is 0. The molecule has 0 bridgehead atoms. The molecule has 1 aliphatic carbocycles. The van der Waals surface area contributed by atoms with Crippen LogP contribution >= 0.6 is 0 Å². The van der Waals surface area contributed by atoms with Crippen molar-refractivity contribution in [3.8, 4) is 27.9 Å². The Morgan fingerprint density at radius 3 is 1.86 bits per heavy atom. The van der Waals surface area contributed by atoms with Crippen LogP contribution < -0.4 is 4.90 Å². The minimum atomic E-state index is 0.278. The molecular weight excluding hydrogens is 534 g/mol. The summed E-state index contributed by atoms with van der Waals surface area (Å²) in [5.41, 5.74) is 11.9. The molecule has 3 nitrogen and oxygen atoms in total. The highest BCUT2D eigenvalue weighted by molar-refractivity contribution is 6.09. The number of pyridine rings is 1. The molecule has 2 unspecified atom stereocenters. The van der Waals surface area contributed by atoms with Crippen LogP contribution in [0.15, 0.2) is 164 Å². The van der Waals surface area contributed by atoms with Gasteiger partial charge in [0.15, 0.2) is 0 Å². The van der Waals surface area contributed by atoms with E-state index in [-0.39, 0.29) is 6.04 Å². The Bertz CT molecular complexity index is 2220. The van der Waals surface area contributed by atoms with Crippen LogP contribution in [-0.2, 0) is 0 Å². The minimum Gasteiger partial charge on any atom is -0.333 e. The molecule has 0 N–H and O–H groups in total. The van der Waals surface area contributed by atoms with Crippen molar-refractivity contribution in [2.75, 3.05) is 4.90 Å². The first-order chi connectivity index (χ1) is 21.8. The number of hydrogen-bond donors (Lipinski definition) is 0. The molecule has 44 heavy (non-hydrogen) atoms. The van der Waals surface area contributed by atoms with Crippen LogP contribution in [-0.4, -0.2) is 15.6 Å². The Balaban J connectivity index is 1.11. The lowest BCUT2D eigenvalue weighted by Crippen LogP contribution is -2.28. The molecule has 2 aromatic heterocycles. The maximum Gasteiger partial charge on any atom is 0.0629 e. The summed E-state index contributed by atoms with van der Waals surface area (Å²) in [5.74, 6) is 0.367. The molecule has 0 fully saturated rings. The lowest BCUT2D eigenvalue weighted by Gasteiger charge is -2.29. The van der Waals surface area contributed by atoms with Gasteiger partial charge in [-0.15, -0.1) is 0 Å². The molecular formula is C41H29N3. The Kier molecular flexibility index (Phi) is 5.63. The van der Waals surface area contributed by atoms with E-state index in [0.717, 1.165) is 27.9 Å². The molecule has 2 atom stereocenters. The average Bonchev–Trinajstić information content (AvgIpc) is 3.62. The molecule has 3 heterocycles. The molecule has 9 rings (SSSR count). The van der Waals surface area contributed by atoms with E-state index in [4.69, 9.17) is 4.98 Å². The van der Waals surface area contributed by atoms with Crippen molar-refractivity contribution in [3.05, 3.63) is 170 Å². The quantitative estimate of drug-likeness (QED) is 0.212. The van der Waals surface area contributed by atoms with Gasteiger partial charge in [-0.2, -0.15) is 0 Å². The number of aromatic nitrogens is 2. The lowest BCUT2D eigenvalue weighted by atomic mass is 9.91. The first-order valence-corrected chi connectivity index (χ1v) is 15.2. The van der Waals surface area contributed by atoms with Gasteiger partial charge in [-0.05, 0) is 65.2 Å². The summed E-state index contributed by atoms with van der Waals surface area (Å²) >= 11 is 0. The van der Waals surface area contributed by atoms with E-state index in [9.17, 15) is 0 Å². The third-order valence-electron chi connectivity index (χ3n) is 9.17. The molecule has 7 aromatic rings. The predicted molar refractivity (Wildman–Crippen MR) is 183 cm³/mol. The second kappa shape index (κ2) is 9.96. The standard InChI is InChI=1S/C41H29N3/c1-5-19-38-34(15-1)35-16-2-6-20-39(35)43(38)32-13-9-11-28(24-32)30-23-31(27-42-26-30)29-12-10-14-33(25-29)44-40-21-7-3-17-36(40)37-18-4-8-22-41(37)44/h1-27,34,38H. The summed E-state index contributed by atoms with van der Waals surface area (Å²) in [6, 6.07) is 46.3. The third-order valence-corrected chi connectivity index (χ3v) is 9.17. The second-order valence-corrected chi connectivity index (χ2v) is 11.6. The molecule has 0 amide bonds. The normalized spacial score (nSPS) is 16.9. The summed E-state index contributed by atoms with van der Waals surface area (Å²) in [5, 5.41) is 2.53. The third kappa shape index (κ3) is 3.86. The van der Waals surface area contributed by atoms with Crippen LogP contribution in [0.3, 0.4) is 0 Å². The predicted octanol–water partition coefficient (Wildman–Crippen LogP) is 10.2. The second-order valence-electron chi connectivity index (χ2n) is 11.6. The minimum absolute atomic E-state index is 0.278. The molecule has 0 saturated carbocycles. The molecule has 3 heteroatoms. The summed E-state index contributed by atoms with van der Waals surface area (Å²) < 4.78 is 2.37. The highest BCUT2D eigenvalue weighted by Crippen LogP contribution is 2.48. The number of rotatable bonds is 4. The zero-order valence-electron chi connectivity index (χ0n) is 24.1. The van der Waals surface area contributed by atoms with E-state index in [1.54, 1.807) is 0 Å². The molecule has 0 radical (unpaired) electrons. The van der Waals surface area contributed by atoms with Gasteiger partial charge in [0.25, 0.3) is 0 Å². The zero-order valence-corrected chi connectivity index (χ0v) is 24.1. The van der Waals surface area contributed by atoms with Crippen molar-refractivity contribution in [1.29, 1.82) is 0 Å². The zero-order chi connectivity index (χ0) is 29.0. The largest absolute Gasteiger partial charge is 0.333 e.